The van der Waals surface area contributed by atoms with Gasteiger partial charge in [-0.15, -0.1) is 0 Å². The van der Waals surface area contributed by atoms with Crippen molar-refractivity contribution in [3.05, 3.63) is 81.1 Å². The van der Waals surface area contributed by atoms with E-state index in [1.807, 2.05) is 49.4 Å². The number of hydrogen-bond donors (Lipinski definition) is 0. The third kappa shape index (κ3) is 4.60. The maximum Gasteiger partial charge on any atom is 0.343 e. The lowest BCUT2D eigenvalue weighted by Gasteiger charge is -2.06. The summed E-state index contributed by atoms with van der Waals surface area (Å²) in [6, 6.07) is 15.8. The van der Waals surface area contributed by atoms with E-state index in [0.717, 1.165) is 29.9 Å². The zero-order valence-corrected chi connectivity index (χ0v) is 17.7. The Morgan fingerprint density at radius 1 is 1.07 bits per heavy atom. The van der Waals surface area contributed by atoms with Crippen molar-refractivity contribution >= 4 is 23.2 Å². The SMILES string of the molecule is CCCn1sc(=Nc2ccc(C)c(C)c2)c(C(=O)OCc2ccccc2)c1C. The zero-order valence-electron chi connectivity index (χ0n) is 16.9. The number of esters is 1. The van der Waals surface area contributed by atoms with Crippen molar-refractivity contribution in [1.29, 1.82) is 0 Å². The molecular formula is C23H26N2O2S. The van der Waals surface area contributed by atoms with Crippen LogP contribution in [0.5, 0.6) is 0 Å². The van der Waals surface area contributed by atoms with Crippen molar-refractivity contribution in [2.75, 3.05) is 0 Å². The average Bonchev–Trinajstić information content (AvgIpc) is 2.99. The summed E-state index contributed by atoms with van der Waals surface area (Å²) in [5.41, 5.74) is 5.71. The van der Waals surface area contributed by atoms with Crippen LogP contribution in [-0.4, -0.2) is 9.93 Å². The molecular weight excluding hydrogens is 368 g/mol. The van der Waals surface area contributed by atoms with E-state index in [4.69, 9.17) is 9.73 Å². The summed E-state index contributed by atoms with van der Waals surface area (Å²) >= 11 is 1.51. The second-order valence-electron chi connectivity index (χ2n) is 6.90. The topological polar surface area (TPSA) is 43.6 Å². The summed E-state index contributed by atoms with van der Waals surface area (Å²) in [7, 11) is 0. The molecule has 3 rings (SSSR count). The highest BCUT2D eigenvalue weighted by Crippen LogP contribution is 2.19. The van der Waals surface area contributed by atoms with Crippen LogP contribution in [0, 0.1) is 20.8 Å². The lowest BCUT2D eigenvalue weighted by molar-refractivity contribution is 0.0470. The Morgan fingerprint density at radius 2 is 1.82 bits per heavy atom. The van der Waals surface area contributed by atoms with Crippen LogP contribution in [0.25, 0.3) is 0 Å². The number of aryl methyl sites for hydroxylation is 3. The molecule has 0 fully saturated rings. The molecule has 0 aliphatic carbocycles. The molecule has 0 amide bonds. The molecule has 0 saturated carbocycles. The van der Waals surface area contributed by atoms with Crippen molar-refractivity contribution in [2.45, 2.75) is 47.3 Å². The minimum absolute atomic E-state index is 0.256. The van der Waals surface area contributed by atoms with Gasteiger partial charge in [0.15, 0.2) is 0 Å². The van der Waals surface area contributed by atoms with Gasteiger partial charge in [0.2, 0.25) is 0 Å². The Balaban J connectivity index is 1.97. The minimum atomic E-state index is -0.324. The van der Waals surface area contributed by atoms with Gasteiger partial charge in [-0.3, -0.25) is 3.96 Å². The fourth-order valence-corrected chi connectivity index (χ4v) is 4.11. The van der Waals surface area contributed by atoms with Gasteiger partial charge < -0.3 is 4.74 Å². The van der Waals surface area contributed by atoms with Gasteiger partial charge in [0.05, 0.1) is 5.69 Å². The molecule has 0 bridgehead atoms. The number of carbonyl (C=O) groups excluding carboxylic acids is 1. The predicted molar refractivity (Wildman–Crippen MR) is 114 cm³/mol. The minimum Gasteiger partial charge on any atom is -0.457 e. The first kappa shape index (κ1) is 20.1. The second-order valence-corrected chi connectivity index (χ2v) is 7.91. The summed E-state index contributed by atoms with van der Waals surface area (Å²) in [6.07, 6.45) is 0.994. The molecule has 1 aromatic heterocycles. The summed E-state index contributed by atoms with van der Waals surface area (Å²) in [5.74, 6) is -0.324. The number of hydrogen-bond acceptors (Lipinski definition) is 4. The third-order valence-electron chi connectivity index (χ3n) is 4.71. The molecule has 28 heavy (non-hydrogen) atoms. The van der Waals surface area contributed by atoms with Crippen molar-refractivity contribution < 1.29 is 9.53 Å². The molecule has 0 aliphatic rings. The van der Waals surface area contributed by atoms with Gasteiger partial charge in [-0.25, -0.2) is 9.79 Å². The Hall–Kier alpha value is -2.66. The molecule has 0 spiro atoms. The van der Waals surface area contributed by atoms with Gasteiger partial charge in [-0.1, -0.05) is 43.3 Å². The lowest BCUT2D eigenvalue weighted by Crippen LogP contribution is -2.15. The maximum atomic E-state index is 12.9. The Bertz CT molecular complexity index is 1030. The predicted octanol–water partition coefficient (Wildman–Crippen LogP) is 5.47. The summed E-state index contributed by atoms with van der Waals surface area (Å²) < 4.78 is 8.43. The van der Waals surface area contributed by atoms with Crippen LogP contribution in [0.3, 0.4) is 0 Å². The van der Waals surface area contributed by atoms with Crippen LogP contribution >= 0.6 is 11.5 Å². The molecule has 4 nitrogen and oxygen atoms in total. The van der Waals surface area contributed by atoms with E-state index >= 15 is 0 Å². The largest absolute Gasteiger partial charge is 0.457 e. The lowest BCUT2D eigenvalue weighted by atomic mass is 10.1. The van der Waals surface area contributed by atoms with Gasteiger partial charge in [0, 0.05) is 12.2 Å². The molecule has 146 valence electrons. The Morgan fingerprint density at radius 3 is 2.50 bits per heavy atom. The summed E-state index contributed by atoms with van der Waals surface area (Å²) in [5, 5.41) is 0. The van der Waals surface area contributed by atoms with Crippen molar-refractivity contribution in [3.63, 3.8) is 0 Å². The van der Waals surface area contributed by atoms with E-state index < -0.39 is 0 Å². The van der Waals surface area contributed by atoms with Crippen molar-refractivity contribution in [3.8, 4) is 0 Å². The molecule has 3 aromatic rings. The monoisotopic (exact) mass is 394 g/mol. The fraction of sp³-hybridized carbons (Fsp3) is 0.304. The van der Waals surface area contributed by atoms with E-state index in [2.05, 4.69) is 30.8 Å². The summed E-state index contributed by atoms with van der Waals surface area (Å²) in [4.78, 5) is 17.7. The summed E-state index contributed by atoms with van der Waals surface area (Å²) in [6.45, 7) is 9.35. The molecule has 0 aliphatic heterocycles. The third-order valence-corrected chi connectivity index (χ3v) is 5.86. The van der Waals surface area contributed by atoms with E-state index in [1.165, 1.54) is 22.7 Å². The first-order valence-electron chi connectivity index (χ1n) is 9.53. The number of aromatic nitrogens is 1. The number of nitrogens with zero attached hydrogens (tertiary/aromatic N) is 2. The Kier molecular flexibility index (Phi) is 6.47. The van der Waals surface area contributed by atoms with Gasteiger partial charge in [-0.2, -0.15) is 0 Å². The fourth-order valence-electron chi connectivity index (χ4n) is 2.93. The van der Waals surface area contributed by atoms with Crippen LogP contribution in [0.4, 0.5) is 5.69 Å². The molecule has 5 heteroatoms. The van der Waals surface area contributed by atoms with Crippen LogP contribution in [-0.2, 0) is 17.9 Å². The zero-order chi connectivity index (χ0) is 20.1. The van der Waals surface area contributed by atoms with E-state index in [1.54, 1.807) is 0 Å². The molecule has 0 radical (unpaired) electrons. The van der Waals surface area contributed by atoms with E-state index in [-0.39, 0.29) is 12.6 Å². The highest BCUT2D eigenvalue weighted by atomic mass is 32.1. The number of carbonyl (C=O) groups is 1. The Labute approximate surface area is 170 Å². The van der Waals surface area contributed by atoms with E-state index in [0.29, 0.717) is 10.2 Å². The standard InChI is InChI=1S/C23H26N2O2S/c1-5-13-25-18(4)21(23(26)27-15-19-9-7-6-8-10-19)22(28-25)24-20-12-11-16(2)17(3)14-20/h6-12,14H,5,13,15H2,1-4H3. The van der Waals surface area contributed by atoms with Gasteiger partial charge in [0.25, 0.3) is 0 Å². The van der Waals surface area contributed by atoms with Crippen LogP contribution < -0.4 is 4.67 Å². The second kappa shape index (κ2) is 9.02. The highest BCUT2D eigenvalue weighted by molar-refractivity contribution is 7.04. The first-order valence-corrected chi connectivity index (χ1v) is 10.3. The van der Waals surface area contributed by atoms with Crippen LogP contribution in [0.2, 0.25) is 0 Å². The first-order chi connectivity index (χ1) is 13.5. The molecule has 0 N–H and O–H groups in total. The average molecular weight is 395 g/mol. The molecule has 0 atom stereocenters. The van der Waals surface area contributed by atoms with Gasteiger partial charge in [0.1, 0.15) is 16.8 Å². The van der Waals surface area contributed by atoms with Crippen molar-refractivity contribution in [2.24, 2.45) is 4.99 Å². The maximum absolute atomic E-state index is 12.9. The molecule has 1 heterocycles. The van der Waals surface area contributed by atoms with Gasteiger partial charge >= 0.3 is 5.97 Å². The molecule has 0 unspecified atom stereocenters. The van der Waals surface area contributed by atoms with Crippen LogP contribution in [0.1, 0.15) is 46.1 Å². The van der Waals surface area contributed by atoms with Crippen LogP contribution in [0.15, 0.2) is 53.5 Å². The number of benzene rings is 2. The highest BCUT2D eigenvalue weighted by Gasteiger charge is 2.19. The van der Waals surface area contributed by atoms with Crippen molar-refractivity contribution in [1.82, 2.24) is 3.96 Å². The number of ether oxygens (including phenoxy) is 1. The van der Waals surface area contributed by atoms with Gasteiger partial charge in [-0.05, 0) is 67.5 Å². The normalized spacial score (nSPS) is 11.6. The quantitative estimate of drug-likeness (QED) is 0.520. The smallest absolute Gasteiger partial charge is 0.343 e. The number of rotatable bonds is 6. The molecule has 0 saturated heterocycles. The molecule has 2 aromatic carbocycles. The van der Waals surface area contributed by atoms with E-state index in [9.17, 15) is 4.79 Å².